The van der Waals surface area contributed by atoms with Gasteiger partial charge in [0.15, 0.2) is 0 Å². The SMILES string of the molecule is CCn1ccc(CN(C)C(=O)C2CCN(S(=O)(=O)c3ccc(Cl)cc3)CC2)n1. The Balaban J connectivity index is 1.58. The third-order valence-corrected chi connectivity index (χ3v) is 7.21. The first-order valence-electron chi connectivity index (χ1n) is 9.34. The van der Waals surface area contributed by atoms with E-state index >= 15 is 0 Å². The van der Waals surface area contributed by atoms with Crippen molar-refractivity contribution in [1.82, 2.24) is 19.0 Å². The zero-order valence-corrected chi connectivity index (χ0v) is 17.7. The number of hydrogen-bond acceptors (Lipinski definition) is 4. The number of benzene rings is 1. The van der Waals surface area contributed by atoms with Crippen LogP contribution < -0.4 is 0 Å². The molecule has 0 bridgehead atoms. The van der Waals surface area contributed by atoms with Crippen LogP contribution in [0, 0.1) is 5.92 Å². The Kier molecular flexibility index (Phi) is 6.42. The Morgan fingerprint density at radius 2 is 1.86 bits per heavy atom. The molecule has 0 N–H and O–H groups in total. The summed E-state index contributed by atoms with van der Waals surface area (Å²) in [5.41, 5.74) is 0.848. The van der Waals surface area contributed by atoms with E-state index in [0.717, 1.165) is 12.2 Å². The van der Waals surface area contributed by atoms with Crippen LogP contribution in [0.2, 0.25) is 5.02 Å². The maximum Gasteiger partial charge on any atom is 0.243 e. The second-order valence-corrected chi connectivity index (χ2v) is 9.36. The number of aromatic nitrogens is 2. The first-order chi connectivity index (χ1) is 13.3. The molecule has 9 heteroatoms. The van der Waals surface area contributed by atoms with E-state index in [1.54, 1.807) is 24.1 Å². The van der Waals surface area contributed by atoms with E-state index in [0.29, 0.717) is 37.5 Å². The molecule has 2 aromatic rings. The van der Waals surface area contributed by atoms with E-state index in [2.05, 4.69) is 5.10 Å². The number of sulfonamides is 1. The normalized spacial score (nSPS) is 16.2. The standard InChI is InChI=1S/C19H25ClN4O3S/c1-3-23-11-10-17(21-23)14-22(2)19(25)15-8-12-24(13-9-15)28(26,27)18-6-4-16(20)5-7-18/h4-7,10-11,15H,3,8-9,12-14H2,1-2H3. The highest BCUT2D eigenvalue weighted by Gasteiger charge is 2.33. The fourth-order valence-corrected chi connectivity index (χ4v) is 4.99. The lowest BCUT2D eigenvalue weighted by Gasteiger charge is -2.32. The van der Waals surface area contributed by atoms with Crippen LogP contribution in [0.1, 0.15) is 25.5 Å². The molecular formula is C19H25ClN4O3S. The van der Waals surface area contributed by atoms with Crippen LogP contribution in [0.15, 0.2) is 41.4 Å². The largest absolute Gasteiger partial charge is 0.340 e. The Morgan fingerprint density at radius 3 is 2.43 bits per heavy atom. The molecular weight excluding hydrogens is 400 g/mol. The van der Waals surface area contributed by atoms with Gasteiger partial charge in [-0.05, 0) is 50.1 Å². The number of nitrogens with zero attached hydrogens (tertiary/aromatic N) is 4. The van der Waals surface area contributed by atoms with E-state index in [1.165, 1.54) is 16.4 Å². The summed E-state index contributed by atoms with van der Waals surface area (Å²) in [5.74, 6) is -0.135. The van der Waals surface area contributed by atoms with Gasteiger partial charge >= 0.3 is 0 Å². The molecule has 1 fully saturated rings. The van der Waals surface area contributed by atoms with Gasteiger partial charge in [0.25, 0.3) is 0 Å². The Morgan fingerprint density at radius 1 is 1.21 bits per heavy atom. The van der Waals surface area contributed by atoms with Crippen LogP contribution in [-0.4, -0.2) is 53.4 Å². The molecule has 1 aromatic carbocycles. The summed E-state index contributed by atoms with van der Waals surface area (Å²) in [6.45, 7) is 3.92. The van der Waals surface area contributed by atoms with Crippen LogP contribution in [-0.2, 0) is 27.9 Å². The molecule has 0 saturated carbocycles. The molecule has 7 nitrogen and oxygen atoms in total. The summed E-state index contributed by atoms with van der Waals surface area (Å²) in [6.07, 6.45) is 2.92. The summed E-state index contributed by atoms with van der Waals surface area (Å²) in [6, 6.07) is 8.07. The van der Waals surface area contributed by atoms with Crippen LogP contribution in [0.3, 0.4) is 0 Å². The maximum atomic E-state index is 12.8. The summed E-state index contributed by atoms with van der Waals surface area (Å²) >= 11 is 5.84. The highest BCUT2D eigenvalue weighted by molar-refractivity contribution is 7.89. The van der Waals surface area contributed by atoms with Gasteiger partial charge in [-0.1, -0.05) is 11.6 Å². The van der Waals surface area contributed by atoms with Crippen molar-refractivity contribution >= 4 is 27.5 Å². The van der Waals surface area contributed by atoms with E-state index in [-0.39, 0.29) is 16.7 Å². The zero-order chi connectivity index (χ0) is 20.3. The molecule has 3 rings (SSSR count). The summed E-state index contributed by atoms with van der Waals surface area (Å²) in [7, 11) is -1.79. The Hall–Kier alpha value is -1.90. The van der Waals surface area contributed by atoms with Crippen LogP contribution in [0.4, 0.5) is 0 Å². The van der Waals surface area contributed by atoms with Gasteiger partial charge < -0.3 is 4.90 Å². The van der Waals surface area contributed by atoms with Crippen molar-refractivity contribution in [3.63, 3.8) is 0 Å². The van der Waals surface area contributed by atoms with E-state index < -0.39 is 10.0 Å². The van der Waals surface area contributed by atoms with Gasteiger partial charge in [-0.15, -0.1) is 0 Å². The molecule has 0 atom stereocenters. The molecule has 28 heavy (non-hydrogen) atoms. The fraction of sp³-hybridized carbons (Fsp3) is 0.474. The molecule has 0 radical (unpaired) electrons. The average Bonchev–Trinajstić information content (AvgIpc) is 3.15. The number of carbonyl (C=O) groups is 1. The smallest absolute Gasteiger partial charge is 0.243 e. The van der Waals surface area contributed by atoms with Gasteiger partial charge in [-0.25, -0.2) is 8.42 Å². The van der Waals surface area contributed by atoms with Gasteiger partial charge in [-0.3, -0.25) is 9.48 Å². The van der Waals surface area contributed by atoms with Gasteiger partial charge in [0, 0.05) is 43.8 Å². The molecule has 152 valence electrons. The number of piperidine rings is 1. The van der Waals surface area contributed by atoms with Gasteiger partial charge in [0.2, 0.25) is 15.9 Å². The molecule has 1 aliphatic rings. The fourth-order valence-electron chi connectivity index (χ4n) is 3.40. The van der Waals surface area contributed by atoms with Crippen LogP contribution >= 0.6 is 11.6 Å². The molecule has 1 amide bonds. The predicted molar refractivity (Wildman–Crippen MR) is 107 cm³/mol. The first-order valence-corrected chi connectivity index (χ1v) is 11.2. The highest BCUT2D eigenvalue weighted by atomic mass is 35.5. The molecule has 2 heterocycles. The van der Waals surface area contributed by atoms with Crippen molar-refractivity contribution in [1.29, 1.82) is 0 Å². The lowest BCUT2D eigenvalue weighted by molar-refractivity contribution is -0.136. The van der Waals surface area contributed by atoms with E-state index in [9.17, 15) is 13.2 Å². The van der Waals surface area contributed by atoms with Crippen molar-refractivity contribution in [2.75, 3.05) is 20.1 Å². The maximum absolute atomic E-state index is 12.8. The van der Waals surface area contributed by atoms with Gasteiger partial charge in [-0.2, -0.15) is 9.40 Å². The van der Waals surface area contributed by atoms with Gasteiger partial charge in [0.1, 0.15) is 0 Å². The number of carbonyl (C=O) groups excluding carboxylic acids is 1. The quantitative estimate of drug-likeness (QED) is 0.714. The molecule has 1 aromatic heterocycles. The van der Waals surface area contributed by atoms with Crippen molar-refractivity contribution in [3.05, 3.63) is 47.2 Å². The lowest BCUT2D eigenvalue weighted by atomic mass is 9.96. The number of aryl methyl sites for hydroxylation is 1. The lowest BCUT2D eigenvalue weighted by Crippen LogP contribution is -2.43. The Bertz CT molecular complexity index is 919. The molecule has 0 unspecified atom stereocenters. The second-order valence-electron chi connectivity index (χ2n) is 6.99. The van der Waals surface area contributed by atoms with Crippen molar-refractivity contribution in [2.45, 2.75) is 37.8 Å². The molecule has 1 aliphatic heterocycles. The predicted octanol–water partition coefficient (Wildman–Crippen LogP) is 2.62. The monoisotopic (exact) mass is 424 g/mol. The minimum absolute atomic E-state index is 0.0367. The van der Waals surface area contributed by atoms with Crippen molar-refractivity contribution < 1.29 is 13.2 Å². The Labute approximate surface area is 170 Å². The van der Waals surface area contributed by atoms with E-state index in [4.69, 9.17) is 11.6 Å². The summed E-state index contributed by atoms with van der Waals surface area (Å²) < 4.78 is 28.8. The number of rotatable bonds is 6. The number of halogens is 1. The topological polar surface area (TPSA) is 75.5 Å². The summed E-state index contributed by atoms with van der Waals surface area (Å²) in [4.78, 5) is 14.7. The average molecular weight is 425 g/mol. The third-order valence-electron chi connectivity index (χ3n) is 5.05. The molecule has 1 saturated heterocycles. The zero-order valence-electron chi connectivity index (χ0n) is 16.1. The van der Waals surface area contributed by atoms with Crippen LogP contribution in [0.25, 0.3) is 0 Å². The molecule has 0 aliphatic carbocycles. The van der Waals surface area contributed by atoms with Crippen LogP contribution in [0.5, 0.6) is 0 Å². The summed E-state index contributed by atoms with van der Waals surface area (Å²) in [5, 5.41) is 4.90. The van der Waals surface area contributed by atoms with E-state index in [1.807, 2.05) is 23.9 Å². The number of amides is 1. The third kappa shape index (κ3) is 4.56. The minimum Gasteiger partial charge on any atom is -0.340 e. The second kappa shape index (κ2) is 8.63. The first kappa shape index (κ1) is 20.8. The molecule has 0 spiro atoms. The minimum atomic E-state index is -3.56. The van der Waals surface area contributed by atoms with Crippen molar-refractivity contribution in [2.24, 2.45) is 5.92 Å². The highest BCUT2D eigenvalue weighted by Crippen LogP contribution is 2.26. The number of hydrogen-bond donors (Lipinski definition) is 0. The van der Waals surface area contributed by atoms with Gasteiger partial charge in [0.05, 0.1) is 17.1 Å². The van der Waals surface area contributed by atoms with Crippen molar-refractivity contribution in [3.8, 4) is 0 Å².